The number of aliphatic hydroxyl groups is 1. The van der Waals surface area contributed by atoms with Crippen LogP contribution in [0.1, 0.15) is 38.0 Å². The standard InChI is InChI=1S/C12H16N4O2/c1-7(2)6-10(17)12-13-11(16-18-12)9-5-4-8(3)14-15-9/h4-5,7,10,17H,6H2,1-3H3/t10-/m0/s1. The molecule has 96 valence electrons. The summed E-state index contributed by atoms with van der Waals surface area (Å²) in [5.41, 5.74) is 1.36. The predicted octanol–water partition coefficient (Wildman–Crippen LogP) is 1.91. The van der Waals surface area contributed by atoms with E-state index >= 15 is 0 Å². The summed E-state index contributed by atoms with van der Waals surface area (Å²) in [4.78, 5) is 4.13. The first-order valence-corrected chi connectivity index (χ1v) is 5.88. The van der Waals surface area contributed by atoms with Gasteiger partial charge in [-0.15, -0.1) is 5.10 Å². The van der Waals surface area contributed by atoms with Crippen molar-refractivity contribution < 1.29 is 9.63 Å². The third kappa shape index (κ3) is 2.89. The molecule has 0 amide bonds. The van der Waals surface area contributed by atoms with Crippen LogP contribution in [0.5, 0.6) is 0 Å². The fraction of sp³-hybridized carbons (Fsp3) is 0.500. The summed E-state index contributed by atoms with van der Waals surface area (Å²) < 4.78 is 5.03. The molecule has 1 atom stereocenters. The van der Waals surface area contributed by atoms with Crippen molar-refractivity contribution in [3.8, 4) is 11.5 Å². The van der Waals surface area contributed by atoms with Crippen molar-refractivity contribution >= 4 is 0 Å². The highest BCUT2D eigenvalue weighted by Crippen LogP contribution is 2.21. The lowest BCUT2D eigenvalue weighted by Crippen LogP contribution is -2.02. The molecule has 2 aromatic heterocycles. The van der Waals surface area contributed by atoms with Crippen molar-refractivity contribution in [2.24, 2.45) is 5.92 Å². The third-order valence-corrected chi connectivity index (χ3v) is 2.45. The molecule has 2 aromatic rings. The number of hydrogen-bond acceptors (Lipinski definition) is 6. The van der Waals surface area contributed by atoms with E-state index in [1.807, 2.05) is 26.8 Å². The molecule has 0 spiro atoms. The van der Waals surface area contributed by atoms with E-state index in [9.17, 15) is 5.11 Å². The molecule has 0 fully saturated rings. The molecular weight excluding hydrogens is 232 g/mol. The Balaban J connectivity index is 2.17. The first kappa shape index (κ1) is 12.6. The van der Waals surface area contributed by atoms with Gasteiger partial charge < -0.3 is 9.63 Å². The molecule has 0 aromatic carbocycles. The minimum atomic E-state index is -0.732. The minimum absolute atomic E-state index is 0.223. The zero-order chi connectivity index (χ0) is 13.1. The number of hydrogen-bond donors (Lipinski definition) is 1. The molecule has 2 heterocycles. The maximum Gasteiger partial charge on any atom is 0.255 e. The molecule has 2 rings (SSSR count). The molecule has 0 aliphatic rings. The van der Waals surface area contributed by atoms with Gasteiger partial charge in [0.2, 0.25) is 5.82 Å². The van der Waals surface area contributed by atoms with Gasteiger partial charge in [0.25, 0.3) is 5.89 Å². The van der Waals surface area contributed by atoms with Crippen LogP contribution in [-0.4, -0.2) is 25.4 Å². The Bertz CT molecular complexity index is 507. The van der Waals surface area contributed by atoms with Gasteiger partial charge in [-0.05, 0) is 31.4 Å². The van der Waals surface area contributed by atoms with Gasteiger partial charge in [-0.1, -0.05) is 19.0 Å². The van der Waals surface area contributed by atoms with Crippen molar-refractivity contribution in [1.82, 2.24) is 20.3 Å². The monoisotopic (exact) mass is 248 g/mol. The molecule has 0 radical (unpaired) electrons. The van der Waals surface area contributed by atoms with Gasteiger partial charge in [0.1, 0.15) is 11.8 Å². The average molecular weight is 248 g/mol. The average Bonchev–Trinajstić information content (AvgIpc) is 2.78. The Kier molecular flexibility index (Phi) is 3.66. The van der Waals surface area contributed by atoms with Crippen molar-refractivity contribution in [3.63, 3.8) is 0 Å². The fourth-order valence-electron chi connectivity index (χ4n) is 1.54. The highest BCUT2D eigenvalue weighted by atomic mass is 16.5. The van der Waals surface area contributed by atoms with Crippen LogP contribution >= 0.6 is 0 Å². The van der Waals surface area contributed by atoms with Gasteiger partial charge in [0.05, 0.1) is 5.69 Å². The normalized spacial score (nSPS) is 12.9. The van der Waals surface area contributed by atoms with Crippen molar-refractivity contribution in [3.05, 3.63) is 23.7 Å². The summed E-state index contributed by atoms with van der Waals surface area (Å²) in [5, 5.41) is 21.5. The van der Waals surface area contributed by atoms with Crippen molar-refractivity contribution in [1.29, 1.82) is 0 Å². The van der Waals surface area contributed by atoms with Crippen LogP contribution in [0.3, 0.4) is 0 Å². The molecule has 0 saturated heterocycles. The van der Waals surface area contributed by atoms with E-state index in [2.05, 4.69) is 20.3 Å². The van der Waals surface area contributed by atoms with Gasteiger partial charge in [0, 0.05) is 0 Å². The van der Waals surface area contributed by atoms with Gasteiger partial charge in [-0.25, -0.2) is 0 Å². The summed E-state index contributed by atoms with van der Waals surface area (Å²) in [6.07, 6.45) is -0.147. The second-order valence-corrected chi connectivity index (χ2v) is 4.66. The molecule has 0 unspecified atom stereocenters. The Morgan fingerprint density at radius 3 is 2.67 bits per heavy atom. The summed E-state index contributed by atoms with van der Waals surface area (Å²) in [6.45, 7) is 5.89. The summed E-state index contributed by atoms with van der Waals surface area (Å²) in [6, 6.07) is 3.59. The highest BCUT2D eigenvalue weighted by molar-refractivity contribution is 5.46. The van der Waals surface area contributed by atoms with Crippen LogP contribution in [-0.2, 0) is 0 Å². The Morgan fingerprint density at radius 2 is 2.06 bits per heavy atom. The van der Waals surface area contributed by atoms with E-state index < -0.39 is 6.10 Å². The Hall–Kier alpha value is -1.82. The lowest BCUT2D eigenvalue weighted by atomic mass is 10.1. The zero-order valence-electron chi connectivity index (χ0n) is 10.7. The number of rotatable bonds is 4. The molecule has 0 saturated carbocycles. The Labute approximate surface area is 105 Å². The van der Waals surface area contributed by atoms with E-state index in [-0.39, 0.29) is 5.89 Å². The molecule has 0 aliphatic carbocycles. The van der Waals surface area contributed by atoms with Gasteiger partial charge in [-0.3, -0.25) is 0 Å². The topological polar surface area (TPSA) is 84.9 Å². The SMILES string of the molecule is Cc1ccc(-c2noc([C@@H](O)CC(C)C)n2)nn1. The summed E-state index contributed by atoms with van der Waals surface area (Å²) in [5.74, 6) is 0.927. The van der Waals surface area contributed by atoms with Gasteiger partial charge >= 0.3 is 0 Å². The van der Waals surface area contributed by atoms with Crippen molar-refractivity contribution in [2.75, 3.05) is 0 Å². The molecule has 1 N–H and O–H groups in total. The van der Waals surface area contributed by atoms with Crippen LogP contribution in [0.15, 0.2) is 16.7 Å². The highest BCUT2D eigenvalue weighted by Gasteiger charge is 2.18. The van der Waals surface area contributed by atoms with Gasteiger partial charge in [0.15, 0.2) is 0 Å². The van der Waals surface area contributed by atoms with Crippen LogP contribution in [0.2, 0.25) is 0 Å². The van der Waals surface area contributed by atoms with E-state index in [0.717, 1.165) is 5.69 Å². The quantitative estimate of drug-likeness (QED) is 0.889. The summed E-state index contributed by atoms with van der Waals surface area (Å²) >= 11 is 0. The fourth-order valence-corrected chi connectivity index (χ4v) is 1.54. The maximum absolute atomic E-state index is 9.86. The molecule has 0 bridgehead atoms. The first-order valence-electron chi connectivity index (χ1n) is 5.88. The predicted molar refractivity (Wildman–Crippen MR) is 64.5 cm³/mol. The zero-order valence-corrected chi connectivity index (χ0v) is 10.7. The smallest absolute Gasteiger partial charge is 0.255 e. The second-order valence-electron chi connectivity index (χ2n) is 4.66. The number of aromatic nitrogens is 4. The number of aryl methyl sites for hydroxylation is 1. The lowest BCUT2D eigenvalue weighted by Gasteiger charge is -2.07. The Morgan fingerprint density at radius 1 is 1.28 bits per heavy atom. The van der Waals surface area contributed by atoms with Crippen LogP contribution < -0.4 is 0 Å². The first-order chi connectivity index (χ1) is 8.56. The second kappa shape index (κ2) is 5.22. The van der Waals surface area contributed by atoms with E-state index in [1.165, 1.54) is 0 Å². The van der Waals surface area contributed by atoms with E-state index in [4.69, 9.17) is 4.52 Å². The van der Waals surface area contributed by atoms with E-state index in [0.29, 0.717) is 23.9 Å². The van der Waals surface area contributed by atoms with Crippen LogP contribution in [0.25, 0.3) is 11.5 Å². The minimum Gasteiger partial charge on any atom is -0.383 e. The molecular formula is C12H16N4O2. The van der Waals surface area contributed by atoms with Crippen LogP contribution in [0.4, 0.5) is 0 Å². The summed E-state index contributed by atoms with van der Waals surface area (Å²) in [7, 11) is 0. The number of aliphatic hydroxyl groups excluding tert-OH is 1. The van der Waals surface area contributed by atoms with Gasteiger partial charge in [-0.2, -0.15) is 10.1 Å². The van der Waals surface area contributed by atoms with E-state index in [1.54, 1.807) is 6.07 Å². The maximum atomic E-state index is 9.86. The molecule has 18 heavy (non-hydrogen) atoms. The third-order valence-electron chi connectivity index (χ3n) is 2.45. The lowest BCUT2D eigenvalue weighted by molar-refractivity contribution is 0.111. The molecule has 6 heteroatoms. The van der Waals surface area contributed by atoms with Crippen LogP contribution in [0, 0.1) is 12.8 Å². The number of nitrogens with zero attached hydrogens (tertiary/aromatic N) is 4. The molecule has 0 aliphatic heterocycles. The van der Waals surface area contributed by atoms with Crippen molar-refractivity contribution in [2.45, 2.75) is 33.3 Å². The largest absolute Gasteiger partial charge is 0.383 e. The molecule has 6 nitrogen and oxygen atoms in total.